The molecule has 1 N–H and O–H groups in total. The lowest BCUT2D eigenvalue weighted by molar-refractivity contribution is -0.138. The molecule has 0 aliphatic carbocycles. The minimum absolute atomic E-state index is 0.0722. The molecule has 4 rings (SSSR count). The summed E-state index contributed by atoms with van der Waals surface area (Å²) in [5.74, 6) is 0.0292. The van der Waals surface area contributed by atoms with Gasteiger partial charge in [-0.15, -0.1) is 0 Å². The number of nitrogens with one attached hydrogen (secondary N) is 1. The first-order valence-electron chi connectivity index (χ1n) is 10.2. The number of hydrogen-bond donors (Lipinski definition) is 1. The molecule has 1 atom stereocenters. The summed E-state index contributed by atoms with van der Waals surface area (Å²) in [5.41, 5.74) is 1.86. The molecule has 5 heteroatoms. The zero-order chi connectivity index (χ0) is 20.8. The number of carbonyl (C=O) groups excluding carboxylic acids is 2. The van der Waals surface area contributed by atoms with Gasteiger partial charge in [-0.05, 0) is 37.1 Å². The molecule has 1 heterocycles. The van der Waals surface area contributed by atoms with E-state index in [1.165, 1.54) is 0 Å². The van der Waals surface area contributed by atoms with Crippen LogP contribution >= 0.6 is 0 Å². The van der Waals surface area contributed by atoms with Crippen LogP contribution in [0.3, 0.4) is 0 Å². The van der Waals surface area contributed by atoms with Crippen LogP contribution in [-0.4, -0.2) is 29.8 Å². The molecule has 1 aliphatic heterocycles. The Hall–Kier alpha value is -3.60. The van der Waals surface area contributed by atoms with Gasteiger partial charge in [0.25, 0.3) is 11.8 Å². The smallest absolute Gasteiger partial charge is 0.268 e. The highest BCUT2D eigenvalue weighted by Crippen LogP contribution is 2.28. The van der Waals surface area contributed by atoms with Gasteiger partial charge in [0.2, 0.25) is 6.10 Å². The molecule has 1 aliphatic rings. The third-order valence-electron chi connectivity index (χ3n) is 5.15. The zero-order valence-corrected chi connectivity index (χ0v) is 16.7. The van der Waals surface area contributed by atoms with E-state index in [2.05, 4.69) is 5.32 Å². The average Bonchev–Trinajstić information content (AvgIpc) is 3.33. The Bertz CT molecular complexity index is 999. The predicted octanol–water partition coefficient (Wildman–Crippen LogP) is 4.68. The van der Waals surface area contributed by atoms with Crippen LogP contribution in [0.4, 0.5) is 5.69 Å². The first-order valence-corrected chi connectivity index (χ1v) is 10.2. The fraction of sp³-hybridized carbons (Fsp3) is 0.200. The van der Waals surface area contributed by atoms with E-state index in [0.29, 0.717) is 17.0 Å². The number of rotatable bonds is 6. The third-order valence-corrected chi connectivity index (χ3v) is 5.15. The molecule has 30 heavy (non-hydrogen) atoms. The van der Waals surface area contributed by atoms with Crippen molar-refractivity contribution in [3.05, 3.63) is 96.1 Å². The van der Waals surface area contributed by atoms with Crippen molar-refractivity contribution in [2.45, 2.75) is 18.9 Å². The van der Waals surface area contributed by atoms with Gasteiger partial charge in [-0.2, -0.15) is 0 Å². The van der Waals surface area contributed by atoms with Crippen LogP contribution in [0.15, 0.2) is 84.9 Å². The van der Waals surface area contributed by atoms with Crippen LogP contribution in [0.5, 0.6) is 5.75 Å². The Morgan fingerprint density at radius 1 is 0.800 bits per heavy atom. The highest BCUT2D eigenvalue weighted by Gasteiger charge is 2.30. The number of hydrogen-bond acceptors (Lipinski definition) is 3. The number of nitrogens with zero attached hydrogens (tertiary/aromatic N) is 1. The maximum atomic E-state index is 13.2. The first-order chi connectivity index (χ1) is 14.7. The molecule has 3 aromatic carbocycles. The van der Waals surface area contributed by atoms with Crippen LogP contribution in [-0.2, 0) is 4.79 Å². The second kappa shape index (κ2) is 9.27. The molecule has 0 radical (unpaired) electrons. The molecule has 0 saturated carbocycles. The fourth-order valence-electron chi connectivity index (χ4n) is 3.60. The number of likely N-dealkylation sites (tertiary alicyclic amines) is 1. The Morgan fingerprint density at radius 2 is 1.40 bits per heavy atom. The molecule has 5 nitrogen and oxygen atoms in total. The first kappa shape index (κ1) is 19.7. The summed E-state index contributed by atoms with van der Waals surface area (Å²) >= 11 is 0. The van der Waals surface area contributed by atoms with Gasteiger partial charge < -0.3 is 15.0 Å². The summed E-state index contributed by atoms with van der Waals surface area (Å²) in [6.07, 6.45) is 1.21. The number of benzene rings is 3. The lowest BCUT2D eigenvalue weighted by Gasteiger charge is -2.25. The summed E-state index contributed by atoms with van der Waals surface area (Å²) < 4.78 is 6.21. The summed E-state index contributed by atoms with van der Waals surface area (Å²) in [7, 11) is 0. The Morgan fingerprint density at radius 3 is 2.10 bits per heavy atom. The highest BCUT2D eigenvalue weighted by molar-refractivity contribution is 6.06. The zero-order valence-electron chi connectivity index (χ0n) is 16.7. The highest BCUT2D eigenvalue weighted by atomic mass is 16.5. The van der Waals surface area contributed by atoms with E-state index in [4.69, 9.17) is 4.74 Å². The average molecular weight is 400 g/mol. The van der Waals surface area contributed by atoms with Crippen molar-refractivity contribution in [2.24, 2.45) is 0 Å². The van der Waals surface area contributed by atoms with Crippen molar-refractivity contribution in [3.63, 3.8) is 0 Å². The van der Waals surface area contributed by atoms with E-state index >= 15 is 0 Å². The van der Waals surface area contributed by atoms with E-state index < -0.39 is 6.10 Å². The number of amides is 2. The van der Waals surface area contributed by atoms with Gasteiger partial charge in [0.05, 0.1) is 5.56 Å². The normalized spacial score (nSPS) is 14.2. The standard InChI is InChI=1S/C25H24N2O3/c28-24(26-20-13-5-2-6-14-20)21-15-7-8-16-22(21)30-23(19-11-3-1-4-12-19)25(29)27-17-9-10-18-27/h1-8,11-16,23H,9-10,17-18H2,(H,26,28)/t23-/m1/s1. The Labute approximate surface area is 176 Å². The van der Waals surface area contributed by atoms with Gasteiger partial charge in [0, 0.05) is 24.3 Å². The van der Waals surface area contributed by atoms with Crippen molar-refractivity contribution < 1.29 is 14.3 Å². The van der Waals surface area contributed by atoms with E-state index in [0.717, 1.165) is 31.5 Å². The monoisotopic (exact) mass is 400 g/mol. The lowest BCUT2D eigenvalue weighted by atomic mass is 10.1. The minimum atomic E-state index is -0.796. The van der Waals surface area contributed by atoms with Crippen molar-refractivity contribution in [1.29, 1.82) is 0 Å². The maximum absolute atomic E-state index is 13.2. The van der Waals surface area contributed by atoms with Gasteiger partial charge >= 0.3 is 0 Å². The van der Waals surface area contributed by atoms with Crippen LogP contribution in [0.25, 0.3) is 0 Å². The minimum Gasteiger partial charge on any atom is -0.475 e. The van der Waals surface area contributed by atoms with Crippen molar-refractivity contribution in [1.82, 2.24) is 4.90 Å². The molecule has 152 valence electrons. The number of anilines is 1. The van der Waals surface area contributed by atoms with E-state index in [1.807, 2.05) is 65.6 Å². The molecule has 0 unspecified atom stereocenters. The van der Waals surface area contributed by atoms with Gasteiger partial charge in [0.15, 0.2) is 0 Å². The third kappa shape index (κ3) is 4.51. The van der Waals surface area contributed by atoms with Crippen LogP contribution in [0.2, 0.25) is 0 Å². The lowest BCUT2D eigenvalue weighted by Crippen LogP contribution is -2.35. The fourth-order valence-corrected chi connectivity index (χ4v) is 3.60. The molecule has 3 aromatic rings. The summed E-state index contributed by atoms with van der Waals surface area (Å²) in [5, 5.41) is 2.88. The Kier molecular flexibility index (Phi) is 6.09. The van der Waals surface area contributed by atoms with Gasteiger partial charge in [-0.1, -0.05) is 60.7 Å². The van der Waals surface area contributed by atoms with Gasteiger partial charge in [-0.25, -0.2) is 0 Å². The second-order valence-corrected chi connectivity index (χ2v) is 7.26. The van der Waals surface area contributed by atoms with E-state index in [-0.39, 0.29) is 11.8 Å². The molecule has 0 aromatic heterocycles. The number of ether oxygens (including phenoxy) is 1. The van der Waals surface area contributed by atoms with Crippen LogP contribution in [0, 0.1) is 0 Å². The summed E-state index contributed by atoms with van der Waals surface area (Å²) in [6, 6.07) is 25.7. The summed E-state index contributed by atoms with van der Waals surface area (Å²) in [4.78, 5) is 28.0. The SMILES string of the molecule is O=C(Nc1ccccc1)c1ccccc1O[C@@H](C(=O)N1CCCC1)c1ccccc1. The second-order valence-electron chi connectivity index (χ2n) is 7.26. The van der Waals surface area contributed by atoms with Crippen molar-refractivity contribution in [3.8, 4) is 5.75 Å². The van der Waals surface area contributed by atoms with Crippen LogP contribution in [0.1, 0.15) is 34.9 Å². The predicted molar refractivity (Wildman–Crippen MR) is 116 cm³/mol. The topological polar surface area (TPSA) is 58.6 Å². The van der Waals surface area contributed by atoms with E-state index in [9.17, 15) is 9.59 Å². The van der Waals surface area contributed by atoms with Crippen molar-refractivity contribution in [2.75, 3.05) is 18.4 Å². The number of para-hydroxylation sites is 2. The van der Waals surface area contributed by atoms with Gasteiger partial charge in [-0.3, -0.25) is 9.59 Å². The molecular weight excluding hydrogens is 376 g/mol. The molecule has 1 fully saturated rings. The summed E-state index contributed by atoms with van der Waals surface area (Å²) in [6.45, 7) is 1.48. The maximum Gasteiger partial charge on any atom is 0.268 e. The van der Waals surface area contributed by atoms with Crippen molar-refractivity contribution >= 4 is 17.5 Å². The molecule has 0 bridgehead atoms. The van der Waals surface area contributed by atoms with Crippen LogP contribution < -0.4 is 10.1 Å². The number of carbonyl (C=O) groups is 2. The van der Waals surface area contributed by atoms with E-state index in [1.54, 1.807) is 24.3 Å². The molecule has 2 amide bonds. The molecule has 0 spiro atoms. The largest absolute Gasteiger partial charge is 0.475 e. The molecule has 1 saturated heterocycles. The van der Waals surface area contributed by atoms with Gasteiger partial charge in [0.1, 0.15) is 5.75 Å². The Balaban J connectivity index is 1.61. The molecular formula is C25H24N2O3. The quantitative estimate of drug-likeness (QED) is 0.654.